The fourth-order valence-electron chi connectivity index (χ4n) is 4.91. The largest absolute Gasteiger partial charge is 0.370 e. The first-order valence-electron chi connectivity index (χ1n) is 11.2. The molecule has 168 valence electrons. The van der Waals surface area contributed by atoms with E-state index < -0.39 is 0 Å². The van der Waals surface area contributed by atoms with Gasteiger partial charge < -0.3 is 14.5 Å². The van der Waals surface area contributed by atoms with Crippen LogP contribution in [0.2, 0.25) is 0 Å². The first-order valence-corrected chi connectivity index (χ1v) is 12.5. The maximum absolute atomic E-state index is 11.3. The molecule has 0 radical (unpaired) electrons. The van der Waals surface area contributed by atoms with Crippen LogP contribution >= 0.6 is 11.8 Å². The molecule has 2 aliphatic heterocycles. The Hall–Kier alpha value is -2.97. The van der Waals surface area contributed by atoms with E-state index in [4.69, 9.17) is 14.7 Å². The number of anilines is 2. The van der Waals surface area contributed by atoms with Crippen LogP contribution in [-0.4, -0.2) is 58.8 Å². The molecule has 1 amide bonds. The van der Waals surface area contributed by atoms with Gasteiger partial charge in [0.2, 0.25) is 12.4 Å². The maximum atomic E-state index is 11.3. The fraction of sp³-hybridized carbons (Fsp3) is 0.360. The van der Waals surface area contributed by atoms with Crippen molar-refractivity contribution in [3.63, 3.8) is 0 Å². The van der Waals surface area contributed by atoms with Crippen molar-refractivity contribution in [3.05, 3.63) is 60.0 Å². The van der Waals surface area contributed by atoms with E-state index in [1.165, 1.54) is 23.3 Å². The lowest BCUT2D eigenvalue weighted by atomic mass is 9.96. The van der Waals surface area contributed by atoms with Crippen LogP contribution in [0, 0.1) is 0 Å². The minimum absolute atomic E-state index is 0.107. The van der Waals surface area contributed by atoms with Gasteiger partial charge in [0.25, 0.3) is 0 Å². The third-order valence-corrected chi connectivity index (χ3v) is 7.68. The molecule has 8 heteroatoms. The van der Waals surface area contributed by atoms with E-state index in [1.807, 2.05) is 24.7 Å². The van der Waals surface area contributed by atoms with Crippen LogP contribution in [0.4, 0.5) is 11.6 Å². The monoisotopic (exact) mass is 459 g/mol. The minimum Gasteiger partial charge on any atom is -0.370 e. The average molecular weight is 460 g/mol. The van der Waals surface area contributed by atoms with Gasteiger partial charge >= 0.3 is 0 Å². The van der Waals surface area contributed by atoms with Crippen molar-refractivity contribution in [3.8, 4) is 11.3 Å². The van der Waals surface area contributed by atoms with Crippen molar-refractivity contribution in [2.75, 3.05) is 37.4 Å². The van der Waals surface area contributed by atoms with Crippen molar-refractivity contribution < 1.29 is 9.53 Å². The molecule has 4 heterocycles. The van der Waals surface area contributed by atoms with Crippen molar-refractivity contribution in [1.29, 1.82) is 0 Å². The van der Waals surface area contributed by atoms with E-state index >= 15 is 0 Å². The second-order valence-corrected chi connectivity index (χ2v) is 9.84. The highest BCUT2D eigenvalue weighted by Crippen LogP contribution is 2.58. The van der Waals surface area contributed by atoms with Gasteiger partial charge in [-0.05, 0) is 48.4 Å². The smallest absolute Gasteiger partial charge is 0.229 e. The molecule has 3 aromatic rings. The second kappa shape index (κ2) is 8.11. The molecule has 0 N–H and O–H groups in total. The number of pyridine rings is 1. The lowest BCUT2D eigenvalue weighted by Gasteiger charge is -2.31. The zero-order valence-electron chi connectivity index (χ0n) is 18.5. The van der Waals surface area contributed by atoms with Gasteiger partial charge in [-0.3, -0.25) is 9.78 Å². The Morgan fingerprint density at radius 2 is 2.00 bits per heavy atom. The SMILES string of the molecule is CSc1ccnc(-c2cnc(N3CC4(CC4)c4ccc(C5CN(C=O)CCO5)cc43)nc2)c1. The molecule has 33 heavy (non-hydrogen) atoms. The number of carbonyl (C=O) groups is 1. The maximum Gasteiger partial charge on any atom is 0.229 e. The predicted octanol–water partition coefficient (Wildman–Crippen LogP) is 3.97. The molecule has 1 saturated carbocycles. The molecular formula is C25H25N5O2S. The van der Waals surface area contributed by atoms with Gasteiger partial charge in [0.15, 0.2) is 0 Å². The van der Waals surface area contributed by atoms with Crippen LogP contribution in [0.1, 0.15) is 30.1 Å². The number of morpholine rings is 1. The molecule has 3 aliphatic rings. The molecular weight excluding hydrogens is 434 g/mol. The molecule has 1 aromatic carbocycles. The van der Waals surface area contributed by atoms with Crippen LogP contribution in [0.5, 0.6) is 0 Å². The lowest BCUT2D eigenvalue weighted by molar-refractivity contribution is -0.125. The summed E-state index contributed by atoms with van der Waals surface area (Å²) < 4.78 is 5.99. The topological polar surface area (TPSA) is 71.5 Å². The van der Waals surface area contributed by atoms with E-state index in [-0.39, 0.29) is 11.5 Å². The second-order valence-electron chi connectivity index (χ2n) is 8.96. The molecule has 1 atom stereocenters. The van der Waals surface area contributed by atoms with E-state index in [9.17, 15) is 4.79 Å². The zero-order chi connectivity index (χ0) is 22.4. The summed E-state index contributed by atoms with van der Waals surface area (Å²) in [6, 6.07) is 10.7. The number of hydrogen-bond acceptors (Lipinski definition) is 7. The highest BCUT2D eigenvalue weighted by atomic mass is 32.2. The molecule has 7 nitrogen and oxygen atoms in total. The third-order valence-electron chi connectivity index (χ3n) is 6.96. The Kier molecular flexibility index (Phi) is 5.07. The number of rotatable bonds is 5. The van der Waals surface area contributed by atoms with E-state index in [0.717, 1.165) is 35.5 Å². The molecule has 2 fully saturated rings. The summed E-state index contributed by atoms with van der Waals surface area (Å²) in [5.74, 6) is 0.709. The van der Waals surface area contributed by atoms with Crippen LogP contribution in [-0.2, 0) is 14.9 Å². The summed E-state index contributed by atoms with van der Waals surface area (Å²) in [4.78, 5) is 30.4. The van der Waals surface area contributed by atoms with Crippen molar-refractivity contribution in [2.45, 2.75) is 29.3 Å². The number of amides is 1. The third kappa shape index (κ3) is 3.67. The molecule has 1 saturated heterocycles. The van der Waals surface area contributed by atoms with E-state index in [1.54, 1.807) is 16.7 Å². The lowest BCUT2D eigenvalue weighted by Crippen LogP contribution is -2.37. The van der Waals surface area contributed by atoms with Crippen LogP contribution < -0.4 is 4.90 Å². The van der Waals surface area contributed by atoms with Crippen molar-refractivity contribution in [2.24, 2.45) is 0 Å². The number of hydrogen-bond donors (Lipinski definition) is 0. The number of ether oxygens (including phenoxy) is 1. The summed E-state index contributed by atoms with van der Waals surface area (Å²) in [5.41, 5.74) is 5.63. The molecule has 6 rings (SSSR count). The minimum atomic E-state index is -0.107. The number of nitrogens with zero attached hydrogens (tertiary/aromatic N) is 5. The van der Waals surface area contributed by atoms with Crippen LogP contribution in [0.25, 0.3) is 11.3 Å². The standard InChI is InChI=1S/C25H25N5O2S/c1-33-19-4-7-26-21(11-19)18-12-27-24(28-13-18)30-15-25(5-6-25)20-3-2-17(10-22(20)30)23-14-29(16-31)8-9-32-23/h2-4,7,10-13,16,23H,5-6,8-9,14-15H2,1H3. The summed E-state index contributed by atoms with van der Waals surface area (Å²) in [6.45, 7) is 2.69. The zero-order valence-corrected chi connectivity index (χ0v) is 19.3. The Balaban J connectivity index is 1.31. The summed E-state index contributed by atoms with van der Waals surface area (Å²) in [5, 5.41) is 0. The molecule has 1 spiro atoms. The molecule has 1 unspecified atom stereocenters. The van der Waals surface area contributed by atoms with Gasteiger partial charge in [-0.15, -0.1) is 11.8 Å². The summed E-state index contributed by atoms with van der Waals surface area (Å²) in [6.07, 6.45) is 10.8. The van der Waals surface area contributed by atoms with Gasteiger partial charge in [0.1, 0.15) is 6.10 Å². The van der Waals surface area contributed by atoms with Crippen molar-refractivity contribution >= 4 is 29.8 Å². The number of benzene rings is 1. The normalized spacial score (nSPS) is 20.7. The fourth-order valence-corrected chi connectivity index (χ4v) is 5.33. The first-order chi connectivity index (χ1) is 16.2. The Bertz CT molecular complexity index is 1200. The van der Waals surface area contributed by atoms with Gasteiger partial charge in [0.05, 0.1) is 18.8 Å². The molecule has 0 bridgehead atoms. The first kappa shape index (κ1) is 20.6. The summed E-state index contributed by atoms with van der Waals surface area (Å²) >= 11 is 1.69. The average Bonchev–Trinajstić information content (AvgIpc) is 3.60. The Morgan fingerprint density at radius 1 is 1.15 bits per heavy atom. The predicted molar refractivity (Wildman–Crippen MR) is 128 cm³/mol. The van der Waals surface area contributed by atoms with Gasteiger partial charge in [-0.2, -0.15) is 0 Å². The number of aromatic nitrogens is 3. The van der Waals surface area contributed by atoms with E-state index in [2.05, 4.69) is 40.4 Å². The van der Waals surface area contributed by atoms with Gasteiger partial charge in [-0.1, -0.05) is 12.1 Å². The van der Waals surface area contributed by atoms with Gasteiger partial charge in [0, 0.05) is 53.2 Å². The molecule has 2 aromatic heterocycles. The number of thioether (sulfide) groups is 1. The highest BCUT2D eigenvalue weighted by Gasteiger charge is 2.52. The van der Waals surface area contributed by atoms with Crippen LogP contribution in [0.3, 0.4) is 0 Å². The van der Waals surface area contributed by atoms with E-state index in [0.29, 0.717) is 25.6 Å². The number of fused-ring (bicyclic) bond motifs is 2. The Labute approximate surface area is 197 Å². The van der Waals surface area contributed by atoms with Gasteiger partial charge in [-0.25, -0.2) is 9.97 Å². The molecule has 1 aliphatic carbocycles. The highest BCUT2D eigenvalue weighted by molar-refractivity contribution is 7.98. The quantitative estimate of drug-likeness (QED) is 0.422. The van der Waals surface area contributed by atoms with Crippen LogP contribution in [0.15, 0.2) is 53.8 Å². The summed E-state index contributed by atoms with van der Waals surface area (Å²) in [7, 11) is 0. The number of carbonyl (C=O) groups excluding carboxylic acids is 1. The Morgan fingerprint density at radius 3 is 2.76 bits per heavy atom. The van der Waals surface area contributed by atoms with Crippen molar-refractivity contribution in [1.82, 2.24) is 19.9 Å².